The number of rotatable bonds is 4. The molecule has 14 heavy (non-hydrogen) atoms. The van der Waals surface area contributed by atoms with Gasteiger partial charge in [-0.15, -0.1) is 0 Å². The number of aryl methyl sites for hydroxylation is 1. The topological polar surface area (TPSA) is 71.3 Å². The van der Waals surface area contributed by atoms with Crippen molar-refractivity contribution in [2.45, 2.75) is 13.8 Å². The standard InChI is InChI=1S/C8H14N4O2/c1-4-12(3)7(13)5-9-8-10-6(2)11-14-8/h4-5H2,1-3H3,(H,9,10,11). The summed E-state index contributed by atoms with van der Waals surface area (Å²) >= 11 is 0. The first-order chi connectivity index (χ1) is 6.63. The van der Waals surface area contributed by atoms with Gasteiger partial charge in [0, 0.05) is 13.6 Å². The van der Waals surface area contributed by atoms with Crippen LogP contribution in [0.15, 0.2) is 4.52 Å². The molecule has 0 saturated heterocycles. The van der Waals surface area contributed by atoms with Gasteiger partial charge in [0.05, 0.1) is 6.54 Å². The summed E-state index contributed by atoms with van der Waals surface area (Å²) in [7, 11) is 1.74. The van der Waals surface area contributed by atoms with Crippen molar-refractivity contribution in [3.8, 4) is 0 Å². The van der Waals surface area contributed by atoms with E-state index >= 15 is 0 Å². The Bertz CT molecular complexity index is 310. The number of carbonyl (C=O) groups excluding carboxylic acids is 1. The minimum atomic E-state index is -0.0108. The Kier molecular flexibility index (Phi) is 3.44. The van der Waals surface area contributed by atoms with Crippen LogP contribution in [0.1, 0.15) is 12.7 Å². The smallest absolute Gasteiger partial charge is 0.321 e. The van der Waals surface area contributed by atoms with E-state index in [0.717, 1.165) is 0 Å². The van der Waals surface area contributed by atoms with Gasteiger partial charge in [-0.05, 0) is 13.8 Å². The summed E-state index contributed by atoms with van der Waals surface area (Å²) in [4.78, 5) is 16.8. The predicted octanol–water partition coefficient (Wildman–Crippen LogP) is 0.268. The summed E-state index contributed by atoms with van der Waals surface area (Å²) in [5.41, 5.74) is 0. The highest BCUT2D eigenvalue weighted by atomic mass is 16.5. The molecule has 6 heteroatoms. The van der Waals surface area contributed by atoms with Crippen LogP contribution in [-0.4, -0.2) is 41.1 Å². The molecule has 6 nitrogen and oxygen atoms in total. The molecule has 1 amide bonds. The Morgan fingerprint density at radius 1 is 1.64 bits per heavy atom. The van der Waals surface area contributed by atoms with Gasteiger partial charge in [-0.3, -0.25) is 4.79 Å². The molecular weight excluding hydrogens is 184 g/mol. The van der Waals surface area contributed by atoms with Crippen LogP contribution >= 0.6 is 0 Å². The van der Waals surface area contributed by atoms with Gasteiger partial charge < -0.3 is 14.7 Å². The highest BCUT2D eigenvalue weighted by Gasteiger charge is 2.08. The van der Waals surface area contributed by atoms with Crippen molar-refractivity contribution in [3.05, 3.63) is 5.82 Å². The molecule has 0 radical (unpaired) electrons. The predicted molar refractivity (Wildman–Crippen MR) is 50.8 cm³/mol. The maximum Gasteiger partial charge on any atom is 0.321 e. The minimum absolute atomic E-state index is 0.0108. The Labute approximate surface area is 82.3 Å². The van der Waals surface area contributed by atoms with Crippen molar-refractivity contribution in [2.24, 2.45) is 0 Å². The van der Waals surface area contributed by atoms with Crippen molar-refractivity contribution < 1.29 is 9.32 Å². The Morgan fingerprint density at radius 3 is 2.86 bits per heavy atom. The summed E-state index contributed by atoms with van der Waals surface area (Å²) < 4.78 is 4.79. The van der Waals surface area contributed by atoms with Crippen LogP contribution in [0.3, 0.4) is 0 Å². The van der Waals surface area contributed by atoms with E-state index in [2.05, 4.69) is 15.5 Å². The Balaban J connectivity index is 2.37. The third-order valence-corrected chi connectivity index (χ3v) is 1.82. The van der Waals surface area contributed by atoms with Crippen LogP contribution < -0.4 is 5.32 Å². The van der Waals surface area contributed by atoms with Gasteiger partial charge in [-0.2, -0.15) is 4.98 Å². The molecule has 78 valence electrons. The third-order valence-electron chi connectivity index (χ3n) is 1.82. The lowest BCUT2D eigenvalue weighted by atomic mass is 10.5. The molecule has 1 aromatic heterocycles. The van der Waals surface area contributed by atoms with Crippen LogP contribution in [0.5, 0.6) is 0 Å². The largest absolute Gasteiger partial charge is 0.345 e. The number of likely N-dealkylation sites (N-methyl/N-ethyl adjacent to an activating group) is 1. The maximum absolute atomic E-state index is 11.3. The van der Waals surface area contributed by atoms with Gasteiger partial charge in [0.2, 0.25) is 5.91 Å². The second-order valence-electron chi connectivity index (χ2n) is 2.91. The Morgan fingerprint density at radius 2 is 2.36 bits per heavy atom. The zero-order valence-electron chi connectivity index (χ0n) is 8.57. The highest BCUT2D eigenvalue weighted by molar-refractivity contribution is 5.79. The monoisotopic (exact) mass is 198 g/mol. The molecule has 1 aromatic rings. The molecule has 0 unspecified atom stereocenters. The number of carbonyl (C=O) groups is 1. The average molecular weight is 198 g/mol. The van der Waals surface area contributed by atoms with Crippen molar-refractivity contribution in [1.82, 2.24) is 15.0 Å². The molecule has 0 atom stereocenters. The first kappa shape index (κ1) is 10.5. The lowest BCUT2D eigenvalue weighted by Gasteiger charge is -2.13. The van der Waals surface area contributed by atoms with Crippen molar-refractivity contribution in [3.63, 3.8) is 0 Å². The van der Waals surface area contributed by atoms with Crippen LogP contribution in [-0.2, 0) is 4.79 Å². The van der Waals surface area contributed by atoms with Gasteiger partial charge >= 0.3 is 6.01 Å². The summed E-state index contributed by atoms with van der Waals surface area (Å²) in [5.74, 6) is 0.534. The van der Waals surface area contributed by atoms with E-state index in [1.54, 1.807) is 18.9 Å². The van der Waals surface area contributed by atoms with Crippen molar-refractivity contribution >= 4 is 11.9 Å². The first-order valence-corrected chi connectivity index (χ1v) is 4.41. The van der Waals surface area contributed by atoms with E-state index in [1.807, 2.05) is 6.92 Å². The number of nitrogens with one attached hydrogen (secondary N) is 1. The lowest BCUT2D eigenvalue weighted by Crippen LogP contribution is -2.31. The lowest BCUT2D eigenvalue weighted by molar-refractivity contribution is -0.127. The maximum atomic E-state index is 11.3. The molecule has 0 aliphatic heterocycles. The second kappa shape index (κ2) is 4.59. The quantitative estimate of drug-likeness (QED) is 0.751. The number of amides is 1. The summed E-state index contributed by atoms with van der Waals surface area (Å²) in [6.07, 6.45) is 0. The van der Waals surface area contributed by atoms with Gasteiger partial charge in [-0.25, -0.2) is 0 Å². The molecular formula is C8H14N4O2. The van der Waals surface area contributed by atoms with Crippen LogP contribution in [0.2, 0.25) is 0 Å². The molecule has 0 bridgehead atoms. The summed E-state index contributed by atoms with van der Waals surface area (Å²) in [6.45, 7) is 4.48. The second-order valence-corrected chi connectivity index (χ2v) is 2.91. The highest BCUT2D eigenvalue weighted by Crippen LogP contribution is 2.01. The molecule has 0 aromatic carbocycles. The molecule has 0 aliphatic rings. The van der Waals surface area contributed by atoms with Crippen molar-refractivity contribution in [2.75, 3.05) is 25.5 Å². The van der Waals surface area contributed by atoms with Gasteiger partial charge in [0.15, 0.2) is 5.82 Å². The van der Waals surface area contributed by atoms with Crippen LogP contribution in [0.25, 0.3) is 0 Å². The van der Waals surface area contributed by atoms with Crippen LogP contribution in [0.4, 0.5) is 6.01 Å². The zero-order valence-corrected chi connectivity index (χ0v) is 8.57. The SMILES string of the molecule is CCN(C)C(=O)CNc1nc(C)no1. The summed E-state index contributed by atoms with van der Waals surface area (Å²) in [5, 5.41) is 6.34. The number of hydrogen-bond donors (Lipinski definition) is 1. The van der Waals surface area contributed by atoms with E-state index < -0.39 is 0 Å². The molecule has 0 fully saturated rings. The molecule has 0 aliphatic carbocycles. The van der Waals surface area contributed by atoms with E-state index in [0.29, 0.717) is 12.4 Å². The normalized spacial score (nSPS) is 9.93. The van der Waals surface area contributed by atoms with Gasteiger partial charge in [0.25, 0.3) is 0 Å². The fourth-order valence-electron chi connectivity index (χ4n) is 0.831. The zero-order chi connectivity index (χ0) is 10.6. The van der Waals surface area contributed by atoms with E-state index in [-0.39, 0.29) is 18.5 Å². The molecule has 1 rings (SSSR count). The first-order valence-electron chi connectivity index (χ1n) is 4.41. The molecule has 1 N–H and O–H groups in total. The molecule has 0 saturated carbocycles. The fraction of sp³-hybridized carbons (Fsp3) is 0.625. The van der Waals surface area contributed by atoms with E-state index in [9.17, 15) is 4.79 Å². The summed E-state index contributed by atoms with van der Waals surface area (Å²) in [6, 6.07) is 0.278. The third kappa shape index (κ3) is 2.72. The number of anilines is 1. The van der Waals surface area contributed by atoms with E-state index in [4.69, 9.17) is 4.52 Å². The minimum Gasteiger partial charge on any atom is -0.345 e. The fourth-order valence-corrected chi connectivity index (χ4v) is 0.831. The average Bonchev–Trinajstić information content (AvgIpc) is 2.59. The van der Waals surface area contributed by atoms with E-state index in [1.165, 1.54) is 0 Å². The van der Waals surface area contributed by atoms with Crippen molar-refractivity contribution in [1.29, 1.82) is 0 Å². The molecule has 0 spiro atoms. The number of aromatic nitrogens is 2. The Hall–Kier alpha value is -1.59. The van der Waals surface area contributed by atoms with Gasteiger partial charge in [-0.1, -0.05) is 5.16 Å². The van der Waals surface area contributed by atoms with Crippen LogP contribution in [0, 0.1) is 6.92 Å². The number of hydrogen-bond acceptors (Lipinski definition) is 5. The molecule has 1 heterocycles. The number of nitrogens with zero attached hydrogens (tertiary/aromatic N) is 3. The van der Waals surface area contributed by atoms with Gasteiger partial charge in [0.1, 0.15) is 0 Å².